The highest BCUT2D eigenvalue weighted by Crippen LogP contribution is 2.31. The summed E-state index contributed by atoms with van der Waals surface area (Å²) in [5.41, 5.74) is 1.03. The van der Waals surface area contributed by atoms with E-state index in [2.05, 4.69) is 5.32 Å². The number of nitrogens with one attached hydrogen (secondary N) is 1. The van der Waals surface area contributed by atoms with Crippen LogP contribution in [0.25, 0.3) is 0 Å². The zero-order chi connectivity index (χ0) is 18.4. The van der Waals surface area contributed by atoms with Gasteiger partial charge in [0.1, 0.15) is 5.75 Å². The first-order valence-corrected chi connectivity index (χ1v) is 10.6. The van der Waals surface area contributed by atoms with E-state index in [4.69, 9.17) is 4.74 Å². The molecule has 1 saturated carbocycles. The fraction of sp³-hybridized carbons (Fsp3) is 0.600. The van der Waals surface area contributed by atoms with Crippen molar-refractivity contribution in [3.8, 4) is 5.75 Å². The van der Waals surface area contributed by atoms with Crippen molar-refractivity contribution in [3.05, 3.63) is 29.8 Å². The molecule has 142 valence electrons. The average molecular weight is 377 g/mol. The monoisotopic (exact) mass is 376 g/mol. The van der Waals surface area contributed by atoms with Crippen LogP contribution in [0.1, 0.15) is 50.1 Å². The van der Waals surface area contributed by atoms with E-state index in [1.54, 1.807) is 0 Å². The van der Waals surface area contributed by atoms with Gasteiger partial charge in [0.05, 0.1) is 24.2 Å². The maximum Gasteiger partial charge on any atom is 0.232 e. The predicted molar refractivity (Wildman–Crippen MR) is 104 cm³/mol. The number of nitrogens with zero attached hydrogens (tertiary/aromatic N) is 1. The normalized spacial score (nSPS) is 20.0. The van der Waals surface area contributed by atoms with E-state index in [0.717, 1.165) is 30.6 Å². The van der Waals surface area contributed by atoms with E-state index >= 15 is 0 Å². The second kappa shape index (κ2) is 9.31. The molecule has 0 bridgehead atoms. The summed E-state index contributed by atoms with van der Waals surface area (Å²) in [7, 11) is 1.90. The Kier molecular flexibility index (Phi) is 6.83. The summed E-state index contributed by atoms with van der Waals surface area (Å²) in [6, 6.07) is 8.20. The SMILES string of the molecule is CN(C(=O)CSCC(=O)N[C@@H]1CCOc2ccccc21)C1CCCCC1. The summed E-state index contributed by atoms with van der Waals surface area (Å²) in [5, 5.41) is 3.08. The van der Waals surface area contributed by atoms with Gasteiger partial charge in [-0.3, -0.25) is 9.59 Å². The molecule has 0 aromatic heterocycles. The number of rotatable bonds is 6. The fourth-order valence-corrected chi connectivity index (χ4v) is 4.48. The summed E-state index contributed by atoms with van der Waals surface area (Å²) in [5.74, 6) is 1.63. The predicted octanol–water partition coefficient (Wildman–Crippen LogP) is 3.15. The van der Waals surface area contributed by atoms with Crippen molar-refractivity contribution in [2.45, 2.75) is 50.6 Å². The van der Waals surface area contributed by atoms with E-state index in [1.165, 1.54) is 31.0 Å². The molecule has 1 aromatic carbocycles. The van der Waals surface area contributed by atoms with Crippen LogP contribution in [-0.2, 0) is 9.59 Å². The number of carbonyl (C=O) groups excluding carboxylic acids is 2. The van der Waals surface area contributed by atoms with Gasteiger partial charge in [-0.05, 0) is 18.9 Å². The Bertz CT molecular complexity index is 631. The van der Waals surface area contributed by atoms with Crippen LogP contribution in [0.5, 0.6) is 5.75 Å². The molecule has 3 rings (SSSR count). The van der Waals surface area contributed by atoms with Crippen molar-refractivity contribution in [3.63, 3.8) is 0 Å². The molecule has 2 aliphatic rings. The quantitative estimate of drug-likeness (QED) is 0.829. The van der Waals surface area contributed by atoms with Gasteiger partial charge in [-0.25, -0.2) is 0 Å². The van der Waals surface area contributed by atoms with Gasteiger partial charge in [0.15, 0.2) is 0 Å². The lowest BCUT2D eigenvalue weighted by Gasteiger charge is -2.31. The lowest BCUT2D eigenvalue weighted by atomic mass is 9.94. The highest BCUT2D eigenvalue weighted by molar-refractivity contribution is 8.00. The number of benzene rings is 1. The first-order valence-electron chi connectivity index (χ1n) is 9.49. The number of ether oxygens (including phenoxy) is 1. The van der Waals surface area contributed by atoms with Crippen molar-refractivity contribution in [1.29, 1.82) is 0 Å². The van der Waals surface area contributed by atoms with Gasteiger partial charge in [-0.2, -0.15) is 0 Å². The summed E-state index contributed by atoms with van der Waals surface area (Å²) in [6.45, 7) is 0.611. The molecule has 0 spiro atoms. The standard InChI is InChI=1S/C20H28N2O3S/c1-22(15-7-3-2-4-8-15)20(24)14-26-13-19(23)21-17-11-12-25-18-10-6-5-9-16(17)18/h5-6,9-10,15,17H,2-4,7-8,11-14H2,1H3,(H,21,23)/t17-/m1/s1. The van der Waals surface area contributed by atoms with Crippen LogP contribution in [0.4, 0.5) is 0 Å². The van der Waals surface area contributed by atoms with Crippen molar-refractivity contribution < 1.29 is 14.3 Å². The summed E-state index contributed by atoms with van der Waals surface area (Å²) in [6.07, 6.45) is 6.70. The second-order valence-corrected chi connectivity index (χ2v) is 8.07. The Morgan fingerprint density at radius 3 is 2.73 bits per heavy atom. The van der Waals surface area contributed by atoms with Gasteiger partial charge in [-0.1, -0.05) is 37.5 Å². The topological polar surface area (TPSA) is 58.6 Å². The van der Waals surface area contributed by atoms with Crippen LogP contribution in [0.15, 0.2) is 24.3 Å². The lowest BCUT2D eigenvalue weighted by molar-refractivity contribution is -0.129. The highest BCUT2D eigenvalue weighted by atomic mass is 32.2. The first kappa shape index (κ1) is 19.1. The maximum absolute atomic E-state index is 12.3. The summed E-state index contributed by atoms with van der Waals surface area (Å²) in [4.78, 5) is 26.5. The van der Waals surface area contributed by atoms with Gasteiger partial charge >= 0.3 is 0 Å². The molecular formula is C20H28N2O3S. The Morgan fingerprint density at radius 1 is 1.15 bits per heavy atom. The van der Waals surface area contributed by atoms with Gasteiger partial charge in [0, 0.05) is 25.1 Å². The molecule has 6 heteroatoms. The molecule has 1 aliphatic carbocycles. The van der Waals surface area contributed by atoms with Crippen LogP contribution >= 0.6 is 11.8 Å². The van der Waals surface area contributed by atoms with E-state index < -0.39 is 0 Å². The van der Waals surface area contributed by atoms with Crippen LogP contribution in [-0.4, -0.2) is 47.9 Å². The van der Waals surface area contributed by atoms with E-state index in [1.807, 2.05) is 36.2 Å². The van der Waals surface area contributed by atoms with E-state index in [0.29, 0.717) is 24.2 Å². The van der Waals surface area contributed by atoms with Gasteiger partial charge in [0.25, 0.3) is 0 Å². The van der Waals surface area contributed by atoms with Crippen LogP contribution < -0.4 is 10.1 Å². The largest absolute Gasteiger partial charge is 0.493 e. The van der Waals surface area contributed by atoms with Crippen molar-refractivity contribution in [2.24, 2.45) is 0 Å². The third-order valence-corrected chi connectivity index (χ3v) is 6.19. The second-order valence-electron chi connectivity index (χ2n) is 7.08. The van der Waals surface area contributed by atoms with E-state index in [9.17, 15) is 9.59 Å². The molecule has 1 aromatic rings. The number of hydrogen-bond acceptors (Lipinski definition) is 4. The minimum atomic E-state index is -0.0233. The first-order chi connectivity index (χ1) is 12.6. The molecule has 1 aliphatic heterocycles. The van der Waals surface area contributed by atoms with Crippen molar-refractivity contribution in [2.75, 3.05) is 25.2 Å². The maximum atomic E-state index is 12.3. The molecule has 1 atom stereocenters. The van der Waals surface area contributed by atoms with Gasteiger partial charge in [-0.15, -0.1) is 11.8 Å². The molecule has 1 heterocycles. The molecule has 1 fully saturated rings. The molecule has 0 saturated heterocycles. The number of fused-ring (bicyclic) bond motifs is 1. The number of para-hydroxylation sites is 1. The van der Waals surface area contributed by atoms with Gasteiger partial charge in [0.2, 0.25) is 11.8 Å². The van der Waals surface area contributed by atoms with Crippen LogP contribution in [0.2, 0.25) is 0 Å². The molecule has 5 nitrogen and oxygen atoms in total. The van der Waals surface area contributed by atoms with Crippen LogP contribution in [0.3, 0.4) is 0 Å². The smallest absolute Gasteiger partial charge is 0.232 e. The third kappa shape index (κ3) is 4.93. The lowest BCUT2D eigenvalue weighted by Crippen LogP contribution is -2.39. The Hall–Kier alpha value is -1.69. The number of carbonyl (C=O) groups is 2. The summed E-state index contributed by atoms with van der Waals surface area (Å²) < 4.78 is 5.63. The number of hydrogen-bond donors (Lipinski definition) is 1. The Balaban J connectivity index is 1.41. The van der Waals surface area contributed by atoms with E-state index in [-0.39, 0.29) is 17.9 Å². The Labute approximate surface area is 159 Å². The molecule has 26 heavy (non-hydrogen) atoms. The van der Waals surface area contributed by atoms with Crippen LogP contribution in [0, 0.1) is 0 Å². The molecule has 1 N–H and O–H groups in total. The zero-order valence-corrected chi connectivity index (χ0v) is 16.2. The number of amides is 2. The summed E-state index contributed by atoms with van der Waals surface area (Å²) >= 11 is 1.40. The zero-order valence-electron chi connectivity index (χ0n) is 15.4. The van der Waals surface area contributed by atoms with Gasteiger partial charge < -0.3 is 15.0 Å². The number of thioether (sulfide) groups is 1. The minimum Gasteiger partial charge on any atom is -0.493 e. The molecule has 2 amide bonds. The molecular weight excluding hydrogens is 348 g/mol. The molecule has 0 radical (unpaired) electrons. The fourth-order valence-electron chi connectivity index (χ4n) is 3.73. The van der Waals surface area contributed by atoms with Crippen molar-refractivity contribution in [1.82, 2.24) is 10.2 Å². The molecule has 0 unspecified atom stereocenters. The highest BCUT2D eigenvalue weighted by Gasteiger charge is 2.24. The Morgan fingerprint density at radius 2 is 1.92 bits per heavy atom. The average Bonchev–Trinajstić information content (AvgIpc) is 2.68. The van der Waals surface area contributed by atoms with Crippen molar-refractivity contribution >= 4 is 23.6 Å². The third-order valence-electron chi connectivity index (χ3n) is 5.27. The minimum absolute atomic E-state index is 0.00587.